The van der Waals surface area contributed by atoms with Crippen molar-refractivity contribution in [2.75, 3.05) is 7.05 Å². The summed E-state index contributed by atoms with van der Waals surface area (Å²) in [5, 5.41) is 1.24. The van der Waals surface area contributed by atoms with Crippen molar-refractivity contribution < 1.29 is 14.2 Å². The zero-order valence-electron chi connectivity index (χ0n) is 15.3. The van der Waals surface area contributed by atoms with Crippen molar-refractivity contribution in [2.24, 2.45) is 4.99 Å². The summed E-state index contributed by atoms with van der Waals surface area (Å²) in [5.74, 6) is 0.0957. The second-order valence-corrected chi connectivity index (χ2v) is 8.37. The van der Waals surface area contributed by atoms with Crippen molar-refractivity contribution in [1.82, 2.24) is 9.80 Å². The second-order valence-electron chi connectivity index (χ2n) is 6.79. The number of benzene rings is 2. The number of hydrogen-bond acceptors (Lipinski definition) is 3. The lowest BCUT2D eigenvalue weighted by Gasteiger charge is -2.33. The van der Waals surface area contributed by atoms with Gasteiger partial charge in [0, 0.05) is 17.1 Å². The molecule has 1 unspecified atom stereocenters. The molecule has 0 aliphatic carbocycles. The predicted molar refractivity (Wildman–Crippen MR) is 116 cm³/mol. The van der Waals surface area contributed by atoms with Crippen LogP contribution in [0.4, 0.5) is 4.79 Å². The molecule has 0 N–H and O–H groups in total. The highest BCUT2D eigenvalue weighted by molar-refractivity contribution is 9.18. The molecular formula is C20H16BrCl2N4O2+. The highest BCUT2D eigenvalue weighted by atomic mass is 79.9. The van der Waals surface area contributed by atoms with Crippen molar-refractivity contribution in [3.63, 3.8) is 0 Å². The molecule has 0 radical (unpaired) electrons. The average molecular weight is 495 g/mol. The lowest BCUT2D eigenvalue weighted by Crippen LogP contribution is -2.62. The van der Waals surface area contributed by atoms with Gasteiger partial charge < -0.3 is 0 Å². The van der Waals surface area contributed by atoms with Crippen LogP contribution in [0.5, 0.6) is 0 Å². The minimum absolute atomic E-state index is 0.162. The van der Waals surface area contributed by atoms with E-state index < -0.39 is 12.1 Å². The van der Waals surface area contributed by atoms with E-state index in [1.165, 1.54) is 9.80 Å². The van der Waals surface area contributed by atoms with E-state index in [2.05, 4.69) is 20.9 Å². The Kier molecular flexibility index (Phi) is 5.46. The van der Waals surface area contributed by atoms with Gasteiger partial charge in [0.2, 0.25) is 0 Å². The van der Waals surface area contributed by atoms with E-state index in [4.69, 9.17) is 23.2 Å². The summed E-state index contributed by atoms with van der Waals surface area (Å²) in [6.45, 7) is 0.604. The molecule has 2 aliphatic rings. The van der Waals surface area contributed by atoms with E-state index in [0.717, 1.165) is 11.1 Å². The van der Waals surface area contributed by atoms with Crippen LogP contribution in [-0.2, 0) is 17.9 Å². The Hall–Kier alpha value is -2.22. The Morgan fingerprint density at radius 3 is 2.14 bits per heavy atom. The smallest absolute Gasteiger partial charge is 0.269 e. The van der Waals surface area contributed by atoms with Crippen molar-refractivity contribution in [3.8, 4) is 0 Å². The number of aliphatic imine (C=N–C) groups is 1. The molecule has 2 heterocycles. The summed E-state index contributed by atoms with van der Waals surface area (Å²) in [4.78, 5) is 33.2. The number of halogens is 3. The number of hydrogen-bond donors (Lipinski definition) is 0. The Bertz CT molecular complexity index is 1050. The van der Waals surface area contributed by atoms with Gasteiger partial charge in [-0.3, -0.25) is 14.6 Å². The number of nitrogens with zero attached hydrogens (tertiary/aromatic N) is 4. The van der Waals surface area contributed by atoms with Gasteiger partial charge in [0.05, 0.1) is 22.5 Å². The van der Waals surface area contributed by atoms with E-state index in [0.29, 0.717) is 27.2 Å². The minimum Gasteiger partial charge on any atom is -0.269 e. The fourth-order valence-corrected chi connectivity index (χ4v) is 4.11. The number of fused-ring (bicyclic) bond motifs is 1. The fraction of sp³-hybridized carbons (Fsp3) is 0.200. The van der Waals surface area contributed by atoms with E-state index in [9.17, 15) is 9.59 Å². The SMILES string of the molecule is CN1C(=O)N(Cc2ccc(Cl)cc2)C(=O)C2C1=NC(Br)=[N+]2Cc1ccc(Cl)cc1. The Morgan fingerprint density at radius 1 is 1.00 bits per heavy atom. The third-order valence-electron chi connectivity index (χ3n) is 4.88. The second kappa shape index (κ2) is 7.89. The molecule has 148 valence electrons. The highest BCUT2D eigenvalue weighted by Crippen LogP contribution is 2.25. The summed E-state index contributed by atoms with van der Waals surface area (Å²) in [6.07, 6.45) is 0. The number of carbonyl (C=O) groups is 2. The molecule has 2 aromatic carbocycles. The van der Waals surface area contributed by atoms with Crippen LogP contribution < -0.4 is 0 Å². The fourth-order valence-electron chi connectivity index (χ4n) is 3.35. The summed E-state index contributed by atoms with van der Waals surface area (Å²) in [6, 6.07) is 13.4. The average Bonchev–Trinajstić information content (AvgIpc) is 3.03. The van der Waals surface area contributed by atoms with Crippen LogP contribution in [0.2, 0.25) is 10.0 Å². The Morgan fingerprint density at radius 2 is 1.55 bits per heavy atom. The summed E-state index contributed by atoms with van der Waals surface area (Å²) in [7, 11) is 1.63. The van der Waals surface area contributed by atoms with Crippen LogP contribution in [0, 0.1) is 0 Å². The van der Waals surface area contributed by atoms with Crippen LogP contribution in [-0.4, -0.2) is 50.0 Å². The van der Waals surface area contributed by atoms with Gasteiger partial charge in [-0.05, 0) is 40.4 Å². The Labute approximate surface area is 186 Å². The maximum Gasteiger partial charge on any atom is 0.365 e. The zero-order chi connectivity index (χ0) is 20.7. The molecule has 0 bridgehead atoms. The van der Waals surface area contributed by atoms with Gasteiger partial charge in [0.1, 0.15) is 6.54 Å². The molecular weight excluding hydrogens is 479 g/mol. The Balaban J connectivity index is 1.63. The molecule has 9 heteroatoms. The molecule has 29 heavy (non-hydrogen) atoms. The first-order chi connectivity index (χ1) is 13.8. The van der Waals surface area contributed by atoms with Gasteiger partial charge in [-0.25, -0.2) is 9.37 Å². The summed E-state index contributed by atoms with van der Waals surface area (Å²) in [5.41, 5.74) is 1.79. The quantitative estimate of drug-likeness (QED) is 0.474. The monoisotopic (exact) mass is 493 g/mol. The third-order valence-corrected chi connectivity index (χ3v) is 6.02. The number of rotatable bonds is 4. The van der Waals surface area contributed by atoms with Crippen molar-refractivity contribution >= 4 is 61.7 Å². The molecule has 2 aromatic rings. The molecule has 0 spiro atoms. The number of likely N-dealkylation sites (N-methyl/N-ethyl adjacent to an activating group) is 1. The van der Waals surface area contributed by atoms with Gasteiger partial charge in [-0.1, -0.05) is 47.5 Å². The van der Waals surface area contributed by atoms with Crippen molar-refractivity contribution in [3.05, 3.63) is 69.7 Å². The highest BCUT2D eigenvalue weighted by Gasteiger charge is 2.53. The molecule has 1 atom stereocenters. The van der Waals surface area contributed by atoms with Gasteiger partial charge in [0.15, 0.2) is 0 Å². The number of amidine groups is 2. The molecule has 6 nitrogen and oxygen atoms in total. The number of urea groups is 1. The van der Waals surface area contributed by atoms with Crippen molar-refractivity contribution in [1.29, 1.82) is 0 Å². The van der Waals surface area contributed by atoms with Crippen LogP contribution in [0.1, 0.15) is 11.1 Å². The first-order valence-electron chi connectivity index (χ1n) is 8.81. The van der Waals surface area contributed by atoms with E-state index in [1.807, 2.05) is 16.7 Å². The van der Waals surface area contributed by atoms with E-state index in [-0.39, 0.29) is 12.5 Å². The number of imide groups is 1. The standard InChI is InChI=1S/C20H16BrCl2N4O2/c1-25-17-16(26(19(21)24-17)10-12-2-6-14(22)7-3-12)18(28)27(20(25)29)11-13-4-8-15(23)9-5-13/h2-9,16H,10-11H2,1H3/q+1. The number of carbonyl (C=O) groups excluding carboxylic acids is 2. The van der Waals surface area contributed by atoms with E-state index >= 15 is 0 Å². The maximum atomic E-state index is 13.3. The van der Waals surface area contributed by atoms with Gasteiger partial charge >= 0.3 is 10.8 Å². The van der Waals surface area contributed by atoms with Crippen LogP contribution in [0.3, 0.4) is 0 Å². The van der Waals surface area contributed by atoms with Crippen LogP contribution >= 0.6 is 39.1 Å². The molecule has 2 aliphatic heterocycles. The lowest BCUT2D eigenvalue weighted by molar-refractivity contribution is -0.548. The first kappa shape index (κ1) is 20.1. The maximum absolute atomic E-state index is 13.3. The van der Waals surface area contributed by atoms with Crippen LogP contribution in [0.15, 0.2) is 53.5 Å². The molecule has 0 aromatic heterocycles. The third kappa shape index (κ3) is 3.82. The molecule has 0 saturated carbocycles. The van der Waals surface area contributed by atoms with Gasteiger partial charge in [0.25, 0.3) is 17.8 Å². The number of amides is 3. The molecule has 1 saturated heterocycles. The first-order valence-corrected chi connectivity index (χ1v) is 10.4. The minimum atomic E-state index is -0.685. The normalized spacial score (nSPS) is 19.0. The lowest BCUT2D eigenvalue weighted by atomic mass is 10.1. The summed E-state index contributed by atoms with van der Waals surface area (Å²) < 4.78 is 2.34. The zero-order valence-corrected chi connectivity index (χ0v) is 18.4. The summed E-state index contributed by atoms with van der Waals surface area (Å²) >= 11 is 15.3. The van der Waals surface area contributed by atoms with E-state index in [1.54, 1.807) is 43.4 Å². The predicted octanol–water partition coefficient (Wildman–Crippen LogP) is 4.13. The van der Waals surface area contributed by atoms with Crippen LogP contribution in [0.25, 0.3) is 0 Å². The topological polar surface area (TPSA) is 56.0 Å². The molecule has 1 fully saturated rings. The van der Waals surface area contributed by atoms with Crippen molar-refractivity contribution in [2.45, 2.75) is 19.1 Å². The largest absolute Gasteiger partial charge is 0.365 e. The molecule has 4 rings (SSSR count). The van der Waals surface area contributed by atoms with Gasteiger partial charge in [-0.2, -0.15) is 0 Å². The molecule has 3 amide bonds. The van der Waals surface area contributed by atoms with Gasteiger partial charge in [-0.15, -0.1) is 0 Å².